The summed E-state index contributed by atoms with van der Waals surface area (Å²) in [6.45, 7) is -0.0100. The Bertz CT molecular complexity index is 614. The molecule has 1 N–H and O–H groups in total. The van der Waals surface area contributed by atoms with Gasteiger partial charge < -0.3 is 14.1 Å². The Morgan fingerprint density at radius 1 is 1.35 bits per heavy atom. The Balaban J connectivity index is 2.28. The first-order valence-corrected chi connectivity index (χ1v) is 4.74. The number of hydrogen-bond acceptors (Lipinski definition) is 3. The summed E-state index contributed by atoms with van der Waals surface area (Å²) in [4.78, 5) is 21.9. The zero-order valence-corrected chi connectivity index (χ0v) is 8.59. The Labute approximate surface area is 94.7 Å². The van der Waals surface area contributed by atoms with Gasteiger partial charge in [0.1, 0.15) is 11.6 Å². The summed E-state index contributed by atoms with van der Waals surface area (Å²) in [6, 6.07) is 4.86. The van der Waals surface area contributed by atoms with E-state index in [4.69, 9.17) is 9.52 Å². The molecule has 0 saturated heterocycles. The van der Waals surface area contributed by atoms with Gasteiger partial charge in [0.15, 0.2) is 0 Å². The van der Waals surface area contributed by atoms with Crippen molar-refractivity contribution in [2.24, 2.45) is 0 Å². The van der Waals surface area contributed by atoms with Crippen LogP contribution in [-0.4, -0.2) is 15.6 Å². The molecule has 0 bridgehead atoms. The zero-order chi connectivity index (χ0) is 12.4. The molecular weight excluding hydrogens is 229 g/mol. The van der Waals surface area contributed by atoms with E-state index in [1.54, 1.807) is 0 Å². The number of carboxylic acid groups (broad SMARTS) is 1. The van der Waals surface area contributed by atoms with Gasteiger partial charge in [-0.3, -0.25) is 4.79 Å². The largest absolute Gasteiger partial charge is 0.475 e. The number of nitrogens with zero attached hydrogens (tertiary/aromatic N) is 1. The Morgan fingerprint density at radius 2 is 2.12 bits per heavy atom. The van der Waals surface area contributed by atoms with Gasteiger partial charge in [-0.05, 0) is 18.2 Å². The van der Waals surface area contributed by atoms with Crippen LogP contribution in [-0.2, 0) is 6.54 Å². The number of rotatable bonds is 3. The summed E-state index contributed by atoms with van der Waals surface area (Å²) in [7, 11) is 0. The summed E-state index contributed by atoms with van der Waals surface area (Å²) in [5.74, 6) is -1.68. The van der Waals surface area contributed by atoms with Crippen molar-refractivity contribution >= 4 is 5.97 Å². The molecule has 0 radical (unpaired) electrons. The number of aromatic nitrogens is 1. The standard InChI is InChI=1S/C11H8FNO4/c12-7-1-4-10(14)13(5-7)6-8-2-3-9(17-8)11(15)16/h1-5H,6H2,(H,15,16). The number of carbonyl (C=O) groups is 1. The first-order valence-electron chi connectivity index (χ1n) is 4.74. The number of hydrogen-bond donors (Lipinski definition) is 1. The second kappa shape index (κ2) is 4.25. The van der Waals surface area contributed by atoms with Crippen molar-refractivity contribution in [1.29, 1.82) is 0 Å². The molecule has 0 fully saturated rings. The fourth-order valence-electron chi connectivity index (χ4n) is 1.37. The highest BCUT2D eigenvalue weighted by Gasteiger charge is 2.09. The van der Waals surface area contributed by atoms with Gasteiger partial charge >= 0.3 is 5.97 Å². The van der Waals surface area contributed by atoms with Gasteiger partial charge in [-0.25, -0.2) is 9.18 Å². The summed E-state index contributed by atoms with van der Waals surface area (Å²) in [5.41, 5.74) is -0.389. The van der Waals surface area contributed by atoms with E-state index in [0.717, 1.165) is 22.9 Å². The van der Waals surface area contributed by atoms with E-state index in [2.05, 4.69) is 0 Å². The van der Waals surface area contributed by atoms with E-state index in [0.29, 0.717) is 0 Å². The maximum absolute atomic E-state index is 12.9. The van der Waals surface area contributed by atoms with Gasteiger partial charge in [0.2, 0.25) is 5.76 Å². The SMILES string of the molecule is O=C(O)c1ccc(Cn2cc(F)ccc2=O)o1. The van der Waals surface area contributed by atoms with Crippen LogP contribution in [0.3, 0.4) is 0 Å². The summed E-state index contributed by atoms with van der Waals surface area (Å²) in [5, 5.41) is 8.64. The zero-order valence-electron chi connectivity index (χ0n) is 8.59. The number of pyridine rings is 1. The highest BCUT2D eigenvalue weighted by Crippen LogP contribution is 2.09. The normalized spacial score (nSPS) is 10.4. The Kier molecular flexibility index (Phi) is 2.78. The molecule has 5 nitrogen and oxygen atoms in total. The smallest absolute Gasteiger partial charge is 0.371 e. The predicted octanol–water partition coefficient (Wildman–Crippen LogP) is 1.33. The molecule has 2 aromatic heterocycles. The van der Waals surface area contributed by atoms with E-state index in [1.165, 1.54) is 12.1 Å². The first kappa shape index (κ1) is 11.1. The van der Waals surface area contributed by atoms with Gasteiger partial charge in [0.25, 0.3) is 5.56 Å². The first-order chi connectivity index (χ1) is 8.06. The molecule has 0 unspecified atom stereocenters. The average Bonchev–Trinajstić information content (AvgIpc) is 2.72. The van der Waals surface area contributed by atoms with Crippen molar-refractivity contribution in [2.75, 3.05) is 0 Å². The monoisotopic (exact) mass is 237 g/mol. The lowest BCUT2D eigenvalue weighted by atomic mass is 10.4. The molecule has 0 aliphatic rings. The van der Waals surface area contributed by atoms with E-state index in [-0.39, 0.29) is 23.6 Å². The molecule has 0 aliphatic heterocycles. The highest BCUT2D eigenvalue weighted by molar-refractivity contribution is 5.84. The van der Waals surface area contributed by atoms with Gasteiger partial charge in [-0.1, -0.05) is 0 Å². The molecule has 2 rings (SSSR count). The summed E-state index contributed by atoms with van der Waals surface area (Å²) in [6.07, 6.45) is 1.03. The van der Waals surface area contributed by atoms with Crippen molar-refractivity contribution in [3.05, 3.63) is 58.2 Å². The van der Waals surface area contributed by atoms with E-state index >= 15 is 0 Å². The number of aromatic carboxylic acids is 1. The topological polar surface area (TPSA) is 72.4 Å². The van der Waals surface area contributed by atoms with Crippen LogP contribution in [0.25, 0.3) is 0 Å². The third-order valence-electron chi connectivity index (χ3n) is 2.15. The van der Waals surface area contributed by atoms with E-state index in [9.17, 15) is 14.0 Å². The molecule has 0 spiro atoms. The quantitative estimate of drug-likeness (QED) is 0.873. The third-order valence-corrected chi connectivity index (χ3v) is 2.15. The van der Waals surface area contributed by atoms with Gasteiger partial charge in [-0.2, -0.15) is 0 Å². The van der Waals surface area contributed by atoms with E-state index in [1.807, 2.05) is 0 Å². The molecule has 0 amide bonds. The molecule has 0 aliphatic carbocycles. The minimum atomic E-state index is -1.19. The molecule has 2 aromatic rings. The van der Waals surface area contributed by atoms with Crippen LogP contribution in [0.4, 0.5) is 4.39 Å². The lowest BCUT2D eigenvalue weighted by molar-refractivity contribution is 0.0660. The average molecular weight is 237 g/mol. The molecule has 88 valence electrons. The molecule has 2 heterocycles. The lowest BCUT2D eigenvalue weighted by Crippen LogP contribution is -2.19. The molecule has 0 atom stereocenters. The van der Waals surface area contributed by atoms with Crippen molar-refractivity contribution in [3.63, 3.8) is 0 Å². The van der Waals surface area contributed by atoms with Crippen LogP contribution in [0.15, 0.2) is 39.7 Å². The van der Waals surface area contributed by atoms with Crippen LogP contribution >= 0.6 is 0 Å². The Morgan fingerprint density at radius 3 is 2.76 bits per heavy atom. The van der Waals surface area contributed by atoms with Crippen LogP contribution < -0.4 is 5.56 Å². The number of carboxylic acids is 1. The third kappa shape index (κ3) is 2.41. The predicted molar refractivity (Wildman–Crippen MR) is 55.4 cm³/mol. The molecule has 6 heteroatoms. The molecule has 0 aromatic carbocycles. The minimum Gasteiger partial charge on any atom is -0.475 e. The van der Waals surface area contributed by atoms with Crippen molar-refractivity contribution < 1.29 is 18.7 Å². The van der Waals surface area contributed by atoms with Crippen LogP contribution in [0.1, 0.15) is 16.3 Å². The Hall–Kier alpha value is -2.37. The maximum atomic E-state index is 12.9. The van der Waals surface area contributed by atoms with Crippen molar-refractivity contribution in [1.82, 2.24) is 4.57 Å². The molecule has 0 saturated carbocycles. The van der Waals surface area contributed by atoms with Crippen LogP contribution in [0.5, 0.6) is 0 Å². The number of halogens is 1. The minimum absolute atomic E-state index is 0.0100. The van der Waals surface area contributed by atoms with Gasteiger partial charge in [-0.15, -0.1) is 0 Å². The van der Waals surface area contributed by atoms with E-state index < -0.39 is 11.8 Å². The highest BCUT2D eigenvalue weighted by atomic mass is 19.1. The lowest BCUT2D eigenvalue weighted by Gasteiger charge is -2.02. The number of furan rings is 1. The summed E-state index contributed by atoms with van der Waals surface area (Å²) >= 11 is 0. The van der Waals surface area contributed by atoms with Crippen molar-refractivity contribution in [3.8, 4) is 0 Å². The summed E-state index contributed by atoms with van der Waals surface area (Å²) < 4.78 is 19.0. The van der Waals surface area contributed by atoms with Gasteiger partial charge in [0.05, 0.1) is 6.54 Å². The molecular formula is C11H8FNO4. The maximum Gasteiger partial charge on any atom is 0.371 e. The second-order valence-corrected chi connectivity index (χ2v) is 3.38. The fraction of sp³-hybridized carbons (Fsp3) is 0.0909. The fourth-order valence-corrected chi connectivity index (χ4v) is 1.37. The van der Waals surface area contributed by atoms with Crippen LogP contribution in [0, 0.1) is 5.82 Å². The van der Waals surface area contributed by atoms with Crippen LogP contribution in [0.2, 0.25) is 0 Å². The molecule has 17 heavy (non-hydrogen) atoms. The second-order valence-electron chi connectivity index (χ2n) is 3.38. The van der Waals surface area contributed by atoms with Gasteiger partial charge in [0, 0.05) is 12.3 Å². The van der Waals surface area contributed by atoms with Crippen molar-refractivity contribution in [2.45, 2.75) is 6.54 Å².